The molecule has 3 aromatic heterocycles. The molecule has 0 radical (unpaired) electrons. The van der Waals surface area contributed by atoms with E-state index in [1.165, 1.54) is 6.20 Å². The van der Waals surface area contributed by atoms with Crippen LogP contribution in [0.2, 0.25) is 0 Å². The Hall–Kier alpha value is -3.41. The normalized spacial score (nSPS) is 12.0. The Morgan fingerprint density at radius 3 is 3.13 bits per heavy atom. The molecule has 116 valence electrons. The Kier molecular flexibility index (Phi) is 3.64. The number of carbonyl (C=O) groups is 1. The van der Waals surface area contributed by atoms with Gasteiger partial charge in [-0.2, -0.15) is 15.0 Å². The molecule has 0 saturated heterocycles. The van der Waals surface area contributed by atoms with Crippen molar-refractivity contribution in [3.8, 4) is 17.2 Å². The molecule has 0 saturated carbocycles. The molecule has 0 bridgehead atoms. The van der Waals surface area contributed by atoms with E-state index >= 15 is 0 Å². The van der Waals surface area contributed by atoms with Gasteiger partial charge in [0.05, 0.1) is 24.2 Å². The van der Waals surface area contributed by atoms with Crippen molar-refractivity contribution >= 4 is 17.2 Å². The van der Waals surface area contributed by atoms with Gasteiger partial charge in [-0.3, -0.25) is 4.98 Å². The van der Waals surface area contributed by atoms with Crippen molar-refractivity contribution in [3.05, 3.63) is 35.1 Å². The number of fused-ring (bicyclic) bond motifs is 1. The number of hydrogen-bond acceptors (Lipinski definition) is 5. The smallest absolute Gasteiger partial charge is 0.333 e. The summed E-state index contributed by atoms with van der Waals surface area (Å²) in [6, 6.07) is 3.02. The summed E-state index contributed by atoms with van der Waals surface area (Å²) in [6.45, 7) is 1.74. The molecule has 9 heteroatoms. The molecular weight excluding hydrogens is 298 g/mol. The van der Waals surface area contributed by atoms with Gasteiger partial charge < -0.3 is 10.3 Å². The van der Waals surface area contributed by atoms with Gasteiger partial charge >= 0.3 is 11.7 Å². The second-order valence-electron chi connectivity index (χ2n) is 5.05. The van der Waals surface area contributed by atoms with Crippen molar-refractivity contribution in [2.24, 2.45) is 0 Å². The number of hydrogen-bond donors (Lipinski definition) is 3. The highest BCUT2D eigenvalue weighted by Gasteiger charge is 2.13. The number of pyridine rings is 1. The zero-order chi connectivity index (χ0) is 16.4. The minimum atomic E-state index is -0.424. The van der Waals surface area contributed by atoms with Crippen LogP contribution >= 0.6 is 0 Å². The van der Waals surface area contributed by atoms with Crippen molar-refractivity contribution in [1.82, 2.24) is 30.0 Å². The number of H-pyrrole nitrogens is 2. The zero-order valence-electron chi connectivity index (χ0n) is 12.2. The van der Waals surface area contributed by atoms with Crippen molar-refractivity contribution in [2.45, 2.75) is 19.4 Å². The molecule has 0 aliphatic carbocycles. The van der Waals surface area contributed by atoms with Gasteiger partial charge in [0.15, 0.2) is 5.65 Å². The Morgan fingerprint density at radius 1 is 1.52 bits per heavy atom. The number of nitriles is 1. The molecule has 1 unspecified atom stereocenters. The molecule has 3 N–H and O–H groups in total. The molecule has 3 heterocycles. The molecule has 3 aromatic rings. The average molecular weight is 311 g/mol. The number of nitrogens with one attached hydrogen (secondary N) is 3. The van der Waals surface area contributed by atoms with Gasteiger partial charge in [-0.05, 0) is 13.0 Å². The maximum Gasteiger partial charge on any atom is 0.342 e. The lowest BCUT2D eigenvalue weighted by Crippen LogP contribution is -2.35. The van der Waals surface area contributed by atoms with Crippen LogP contribution in [0, 0.1) is 11.3 Å². The first kappa shape index (κ1) is 14.5. The third kappa shape index (κ3) is 2.82. The monoisotopic (exact) mass is 311 g/mol. The first-order chi connectivity index (χ1) is 11.1. The van der Waals surface area contributed by atoms with Gasteiger partial charge in [-0.1, -0.05) is 0 Å². The van der Waals surface area contributed by atoms with Gasteiger partial charge in [0.1, 0.15) is 0 Å². The molecule has 23 heavy (non-hydrogen) atoms. The van der Waals surface area contributed by atoms with E-state index in [1.54, 1.807) is 25.4 Å². The van der Waals surface area contributed by atoms with Crippen LogP contribution in [-0.4, -0.2) is 36.8 Å². The molecule has 0 fully saturated rings. The van der Waals surface area contributed by atoms with E-state index in [2.05, 4.69) is 25.4 Å². The highest BCUT2D eigenvalue weighted by Crippen LogP contribution is 2.23. The summed E-state index contributed by atoms with van der Waals surface area (Å²) < 4.78 is 1.15. The van der Waals surface area contributed by atoms with Gasteiger partial charge in [-0.15, -0.1) is 0 Å². The van der Waals surface area contributed by atoms with Gasteiger partial charge in [0, 0.05) is 29.6 Å². The highest BCUT2D eigenvalue weighted by atomic mass is 16.2. The fourth-order valence-electron chi connectivity index (χ4n) is 2.21. The van der Waals surface area contributed by atoms with Crippen LogP contribution in [0.3, 0.4) is 0 Å². The molecular formula is C14H13N7O2. The number of amides is 1. The van der Waals surface area contributed by atoms with Crippen molar-refractivity contribution in [3.63, 3.8) is 0 Å². The van der Waals surface area contributed by atoms with Crippen LogP contribution in [0.4, 0.5) is 4.79 Å². The molecule has 1 amide bonds. The standard InChI is InChI=1S/C14H13N7O2/c1-8(2-4-15)18-14(23)21-7-9(6-17-21)10-3-5-16-12-11(10)19-13(22)20-12/h3,5-8H,2H2,1H3,(H,18,23)(H2,16,19,20,22). The van der Waals surface area contributed by atoms with Gasteiger partial charge in [-0.25, -0.2) is 14.6 Å². The molecule has 9 nitrogen and oxygen atoms in total. The van der Waals surface area contributed by atoms with Crippen LogP contribution in [0.1, 0.15) is 13.3 Å². The number of aromatic nitrogens is 5. The average Bonchev–Trinajstić information content (AvgIpc) is 3.12. The highest BCUT2D eigenvalue weighted by molar-refractivity contribution is 5.89. The summed E-state index contributed by atoms with van der Waals surface area (Å²) in [7, 11) is 0. The van der Waals surface area contributed by atoms with E-state index < -0.39 is 6.03 Å². The van der Waals surface area contributed by atoms with E-state index in [4.69, 9.17) is 5.26 Å². The Bertz CT molecular complexity index is 959. The van der Waals surface area contributed by atoms with Crippen LogP contribution in [0.15, 0.2) is 29.5 Å². The van der Waals surface area contributed by atoms with Crippen LogP contribution in [0.25, 0.3) is 22.3 Å². The topological polar surface area (TPSA) is 132 Å². The Labute approximate surface area is 130 Å². The third-order valence-corrected chi connectivity index (χ3v) is 3.29. The van der Waals surface area contributed by atoms with Crippen LogP contribution in [-0.2, 0) is 0 Å². The quantitative estimate of drug-likeness (QED) is 0.663. The zero-order valence-corrected chi connectivity index (χ0v) is 12.2. The Balaban J connectivity index is 1.91. The maximum absolute atomic E-state index is 12.0. The second kappa shape index (κ2) is 5.76. The molecule has 0 aliphatic rings. The molecule has 0 aromatic carbocycles. The number of nitrogens with zero attached hydrogens (tertiary/aromatic N) is 4. The summed E-state index contributed by atoms with van der Waals surface area (Å²) in [5.41, 5.74) is 2.01. The van der Waals surface area contributed by atoms with E-state index in [0.717, 1.165) is 4.68 Å². The molecule has 0 aliphatic heterocycles. The predicted octanol–water partition coefficient (Wildman–Crippen LogP) is 0.975. The SMILES string of the molecule is CC(CC#N)NC(=O)n1cc(-c2ccnc3[nH]c(=O)[nH]c23)cn1. The minimum Gasteiger partial charge on any atom is -0.333 e. The first-order valence-electron chi connectivity index (χ1n) is 6.88. The third-order valence-electron chi connectivity index (χ3n) is 3.29. The first-order valence-corrected chi connectivity index (χ1v) is 6.88. The molecule has 0 spiro atoms. The second-order valence-corrected chi connectivity index (χ2v) is 5.05. The van der Waals surface area contributed by atoms with E-state index in [1.807, 2.05) is 6.07 Å². The maximum atomic E-state index is 12.0. The summed E-state index contributed by atoms with van der Waals surface area (Å²) in [4.78, 5) is 32.8. The minimum absolute atomic E-state index is 0.218. The largest absolute Gasteiger partial charge is 0.342 e. The van der Waals surface area contributed by atoms with E-state index in [0.29, 0.717) is 22.3 Å². The van der Waals surface area contributed by atoms with Gasteiger partial charge in [0.25, 0.3) is 0 Å². The van der Waals surface area contributed by atoms with E-state index in [-0.39, 0.29) is 18.2 Å². The van der Waals surface area contributed by atoms with Crippen molar-refractivity contribution < 1.29 is 4.79 Å². The molecule has 3 rings (SSSR count). The summed E-state index contributed by atoms with van der Waals surface area (Å²) in [5.74, 6) is 0. The summed E-state index contributed by atoms with van der Waals surface area (Å²) in [6.07, 6.45) is 4.85. The fourth-order valence-corrected chi connectivity index (χ4v) is 2.21. The fraction of sp³-hybridized carbons (Fsp3) is 0.214. The predicted molar refractivity (Wildman–Crippen MR) is 81.6 cm³/mol. The Morgan fingerprint density at radius 2 is 2.35 bits per heavy atom. The van der Waals surface area contributed by atoms with Crippen LogP contribution < -0.4 is 11.0 Å². The van der Waals surface area contributed by atoms with Crippen molar-refractivity contribution in [2.75, 3.05) is 0 Å². The van der Waals surface area contributed by atoms with Crippen LogP contribution in [0.5, 0.6) is 0 Å². The van der Waals surface area contributed by atoms with Gasteiger partial charge in [0.2, 0.25) is 0 Å². The number of imidazole rings is 1. The summed E-state index contributed by atoms with van der Waals surface area (Å²) in [5, 5.41) is 15.3. The number of aromatic amines is 2. The molecule has 1 atom stereocenters. The summed E-state index contributed by atoms with van der Waals surface area (Å²) >= 11 is 0. The van der Waals surface area contributed by atoms with Crippen molar-refractivity contribution in [1.29, 1.82) is 5.26 Å². The lowest BCUT2D eigenvalue weighted by Gasteiger charge is -2.09. The lowest BCUT2D eigenvalue weighted by atomic mass is 10.1. The lowest BCUT2D eigenvalue weighted by molar-refractivity contribution is 0.236. The number of rotatable bonds is 3. The van der Waals surface area contributed by atoms with E-state index in [9.17, 15) is 9.59 Å². The number of carbonyl (C=O) groups excluding carboxylic acids is 1.